The highest BCUT2D eigenvalue weighted by molar-refractivity contribution is 5.76. The minimum atomic E-state index is -0.158. The molecule has 1 amide bonds. The summed E-state index contributed by atoms with van der Waals surface area (Å²) in [6.45, 7) is 5.65. The molecule has 0 spiro atoms. The molecule has 3 rings (SSSR count). The molecular weight excluding hydrogens is 296 g/mol. The van der Waals surface area contributed by atoms with Crippen molar-refractivity contribution in [2.75, 3.05) is 26.2 Å². The first-order valence-corrected chi connectivity index (χ1v) is 7.99. The fourth-order valence-electron chi connectivity index (χ4n) is 2.89. The Morgan fingerprint density at radius 3 is 2.74 bits per heavy atom. The van der Waals surface area contributed by atoms with Crippen LogP contribution in [0.1, 0.15) is 25.6 Å². The molecule has 3 heterocycles. The Labute approximate surface area is 134 Å². The van der Waals surface area contributed by atoms with Gasteiger partial charge in [0.25, 0.3) is 5.56 Å². The van der Waals surface area contributed by atoms with E-state index in [1.165, 1.54) is 6.20 Å². The van der Waals surface area contributed by atoms with E-state index in [-0.39, 0.29) is 11.5 Å². The minimum absolute atomic E-state index is 0.158. The molecule has 0 bridgehead atoms. The van der Waals surface area contributed by atoms with Crippen LogP contribution >= 0.6 is 0 Å². The summed E-state index contributed by atoms with van der Waals surface area (Å²) in [4.78, 5) is 35.4. The number of fused-ring (bicyclic) bond motifs is 1. The lowest BCUT2D eigenvalue weighted by Gasteiger charge is -2.34. The summed E-state index contributed by atoms with van der Waals surface area (Å²) < 4.78 is 1.61. The molecule has 2 aromatic heterocycles. The Balaban J connectivity index is 1.66. The van der Waals surface area contributed by atoms with Crippen LogP contribution in [0, 0.1) is 0 Å². The van der Waals surface area contributed by atoms with Crippen molar-refractivity contribution in [1.29, 1.82) is 0 Å². The molecule has 1 fully saturated rings. The van der Waals surface area contributed by atoms with Gasteiger partial charge in [-0.2, -0.15) is 5.10 Å². The Hall–Kier alpha value is -2.22. The van der Waals surface area contributed by atoms with Crippen LogP contribution in [0.4, 0.5) is 0 Å². The van der Waals surface area contributed by atoms with Crippen LogP contribution in [0.2, 0.25) is 0 Å². The summed E-state index contributed by atoms with van der Waals surface area (Å²) >= 11 is 0. The van der Waals surface area contributed by atoms with Crippen LogP contribution in [0.15, 0.2) is 11.0 Å². The van der Waals surface area contributed by atoms with Crippen LogP contribution < -0.4 is 5.56 Å². The summed E-state index contributed by atoms with van der Waals surface area (Å²) in [6, 6.07) is 0. The van der Waals surface area contributed by atoms with Crippen molar-refractivity contribution >= 4 is 16.9 Å². The second-order valence-electron chi connectivity index (χ2n) is 5.93. The molecule has 0 saturated carbocycles. The van der Waals surface area contributed by atoms with Gasteiger partial charge in [0.05, 0.1) is 12.7 Å². The van der Waals surface area contributed by atoms with Gasteiger partial charge in [-0.1, -0.05) is 6.92 Å². The van der Waals surface area contributed by atoms with E-state index in [0.29, 0.717) is 29.8 Å². The molecule has 0 aromatic carbocycles. The van der Waals surface area contributed by atoms with Crippen LogP contribution in [0.3, 0.4) is 0 Å². The van der Waals surface area contributed by atoms with Gasteiger partial charge in [-0.25, -0.2) is 4.98 Å². The van der Waals surface area contributed by atoms with E-state index in [2.05, 4.69) is 20.0 Å². The zero-order valence-corrected chi connectivity index (χ0v) is 13.6. The van der Waals surface area contributed by atoms with E-state index < -0.39 is 0 Å². The van der Waals surface area contributed by atoms with E-state index >= 15 is 0 Å². The number of hydrogen-bond donors (Lipinski definition) is 1. The Morgan fingerprint density at radius 2 is 2.04 bits per heavy atom. The number of aromatic amines is 1. The maximum absolute atomic E-state index is 12.0. The van der Waals surface area contributed by atoms with Crippen LogP contribution in [-0.4, -0.2) is 61.6 Å². The Bertz CT molecular complexity index is 757. The number of aryl methyl sites for hydroxylation is 1. The lowest BCUT2D eigenvalue weighted by Crippen LogP contribution is -2.48. The third kappa shape index (κ3) is 3.26. The van der Waals surface area contributed by atoms with Gasteiger partial charge >= 0.3 is 0 Å². The molecule has 8 heteroatoms. The lowest BCUT2D eigenvalue weighted by atomic mass is 10.2. The Kier molecular flexibility index (Phi) is 4.42. The zero-order chi connectivity index (χ0) is 16.4. The molecule has 124 valence electrons. The summed E-state index contributed by atoms with van der Waals surface area (Å²) in [5.74, 6) is 0.870. The smallest absolute Gasteiger partial charge is 0.262 e. The molecule has 1 aliphatic heterocycles. The summed E-state index contributed by atoms with van der Waals surface area (Å²) in [7, 11) is 1.77. The first-order chi connectivity index (χ1) is 11.1. The monoisotopic (exact) mass is 318 g/mol. The molecule has 0 atom stereocenters. The predicted molar refractivity (Wildman–Crippen MR) is 85.9 cm³/mol. The van der Waals surface area contributed by atoms with Gasteiger partial charge in [0.1, 0.15) is 11.2 Å². The highest BCUT2D eigenvalue weighted by Crippen LogP contribution is 2.09. The second-order valence-corrected chi connectivity index (χ2v) is 5.93. The molecule has 8 nitrogen and oxygen atoms in total. The fourth-order valence-corrected chi connectivity index (χ4v) is 2.89. The first-order valence-electron chi connectivity index (χ1n) is 7.99. The number of H-pyrrole nitrogens is 1. The highest BCUT2D eigenvalue weighted by atomic mass is 16.2. The van der Waals surface area contributed by atoms with Crippen LogP contribution in [0.5, 0.6) is 0 Å². The van der Waals surface area contributed by atoms with Crippen molar-refractivity contribution in [3.05, 3.63) is 22.4 Å². The van der Waals surface area contributed by atoms with Gasteiger partial charge < -0.3 is 9.88 Å². The standard InChI is InChI=1S/C15H22N6O2/c1-3-4-13(22)21-7-5-20(6-8-21)10-12-17-14-11(15(23)18-12)9-16-19(14)2/h9H,3-8,10H2,1-2H3,(H,17,18,23). The number of nitrogens with one attached hydrogen (secondary N) is 1. The average molecular weight is 318 g/mol. The van der Waals surface area contributed by atoms with Crippen molar-refractivity contribution in [3.63, 3.8) is 0 Å². The number of aromatic nitrogens is 4. The maximum atomic E-state index is 12.0. The number of rotatable bonds is 4. The molecule has 0 radical (unpaired) electrons. The molecule has 1 aliphatic rings. The van der Waals surface area contributed by atoms with Crippen molar-refractivity contribution in [2.24, 2.45) is 7.05 Å². The quantitative estimate of drug-likeness (QED) is 0.864. The number of carbonyl (C=O) groups excluding carboxylic acids is 1. The van der Waals surface area contributed by atoms with Crippen LogP contribution in [-0.2, 0) is 18.4 Å². The predicted octanol–water partition coefficient (Wildman–Crippen LogP) is 0.101. The van der Waals surface area contributed by atoms with Gasteiger partial charge in [-0.3, -0.25) is 19.2 Å². The SMILES string of the molecule is CCCC(=O)N1CCN(Cc2nc3c(cnn3C)c(=O)[nH]2)CC1. The van der Waals surface area contributed by atoms with E-state index in [0.717, 1.165) is 32.6 Å². The van der Waals surface area contributed by atoms with Crippen molar-refractivity contribution in [1.82, 2.24) is 29.5 Å². The number of piperazine rings is 1. The van der Waals surface area contributed by atoms with E-state index in [1.807, 2.05) is 11.8 Å². The highest BCUT2D eigenvalue weighted by Gasteiger charge is 2.21. The van der Waals surface area contributed by atoms with E-state index in [1.54, 1.807) is 11.7 Å². The fraction of sp³-hybridized carbons (Fsp3) is 0.600. The number of hydrogen-bond acceptors (Lipinski definition) is 5. The summed E-state index contributed by atoms with van der Waals surface area (Å²) in [6.07, 6.45) is 3.03. The van der Waals surface area contributed by atoms with Gasteiger partial charge in [0, 0.05) is 39.6 Å². The number of nitrogens with zero attached hydrogens (tertiary/aromatic N) is 5. The van der Waals surface area contributed by atoms with Gasteiger partial charge in [-0.15, -0.1) is 0 Å². The van der Waals surface area contributed by atoms with Crippen LogP contribution in [0.25, 0.3) is 11.0 Å². The van der Waals surface area contributed by atoms with E-state index in [9.17, 15) is 9.59 Å². The average Bonchev–Trinajstić information content (AvgIpc) is 2.90. The molecule has 0 aliphatic carbocycles. The normalized spacial score (nSPS) is 16.2. The maximum Gasteiger partial charge on any atom is 0.262 e. The van der Waals surface area contributed by atoms with Crippen molar-refractivity contribution in [3.8, 4) is 0 Å². The number of amides is 1. The van der Waals surface area contributed by atoms with E-state index in [4.69, 9.17) is 0 Å². The minimum Gasteiger partial charge on any atom is -0.340 e. The molecule has 23 heavy (non-hydrogen) atoms. The zero-order valence-electron chi connectivity index (χ0n) is 13.6. The van der Waals surface area contributed by atoms with Gasteiger partial charge in [0.15, 0.2) is 5.65 Å². The third-order valence-electron chi connectivity index (χ3n) is 4.21. The van der Waals surface area contributed by atoms with Gasteiger partial charge in [-0.05, 0) is 6.42 Å². The first kappa shape index (κ1) is 15.7. The molecule has 2 aromatic rings. The largest absolute Gasteiger partial charge is 0.340 e. The molecule has 1 saturated heterocycles. The second kappa shape index (κ2) is 6.49. The summed E-state index contributed by atoms with van der Waals surface area (Å²) in [5, 5.41) is 4.57. The lowest BCUT2D eigenvalue weighted by molar-refractivity contribution is -0.133. The molecular formula is C15H22N6O2. The topological polar surface area (TPSA) is 87.1 Å². The Morgan fingerprint density at radius 1 is 1.30 bits per heavy atom. The van der Waals surface area contributed by atoms with Crippen molar-refractivity contribution in [2.45, 2.75) is 26.3 Å². The van der Waals surface area contributed by atoms with Crippen molar-refractivity contribution < 1.29 is 4.79 Å². The molecule has 0 unspecified atom stereocenters. The molecule has 1 N–H and O–H groups in total. The third-order valence-corrected chi connectivity index (χ3v) is 4.21. The summed E-state index contributed by atoms with van der Waals surface area (Å²) in [5.41, 5.74) is 0.440. The number of carbonyl (C=O) groups is 1. The van der Waals surface area contributed by atoms with Gasteiger partial charge in [0.2, 0.25) is 5.91 Å².